The summed E-state index contributed by atoms with van der Waals surface area (Å²) in [5.74, 6) is 1.01. The second-order valence-corrected chi connectivity index (χ2v) is 4.13. The molecular formula is C12H12O5. The second kappa shape index (κ2) is 3.92. The minimum absolute atomic E-state index is 0.109. The zero-order valence-corrected chi connectivity index (χ0v) is 9.09. The largest absolute Gasteiger partial charge is 0.459 e. The maximum absolute atomic E-state index is 11.2. The molecule has 2 aliphatic rings. The van der Waals surface area contributed by atoms with Gasteiger partial charge in [-0.2, -0.15) is 0 Å². The zero-order chi connectivity index (χ0) is 11.8. The quantitative estimate of drug-likeness (QED) is 0.770. The molecule has 2 heterocycles. The monoisotopic (exact) mass is 236 g/mol. The third-order valence-corrected chi connectivity index (χ3v) is 3.12. The number of cyclic esters (lactones) is 1. The highest BCUT2D eigenvalue weighted by Gasteiger charge is 2.36. The minimum Gasteiger partial charge on any atom is -0.459 e. The number of aliphatic hydroxyl groups is 1. The van der Waals surface area contributed by atoms with E-state index in [1.54, 1.807) is 0 Å². The summed E-state index contributed by atoms with van der Waals surface area (Å²) in [6.07, 6.45) is -0.159. The molecule has 2 aliphatic heterocycles. The van der Waals surface area contributed by atoms with Crippen molar-refractivity contribution < 1.29 is 24.1 Å². The summed E-state index contributed by atoms with van der Waals surface area (Å²) in [4.78, 5) is 11.2. The first-order valence-corrected chi connectivity index (χ1v) is 5.48. The van der Waals surface area contributed by atoms with E-state index in [0.717, 1.165) is 5.56 Å². The van der Waals surface area contributed by atoms with Crippen LogP contribution in [0.25, 0.3) is 0 Å². The van der Waals surface area contributed by atoms with Crippen LogP contribution in [-0.4, -0.2) is 30.6 Å². The number of benzene rings is 1. The van der Waals surface area contributed by atoms with E-state index in [1.807, 2.05) is 18.2 Å². The number of fused-ring (bicyclic) bond motifs is 1. The van der Waals surface area contributed by atoms with E-state index in [9.17, 15) is 9.90 Å². The van der Waals surface area contributed by atoms with Gasteiger partial charge in [0.25, 0.3) is 0 Å². The molecule has 0 spiro atoms. The average Bonchev–Trinajstić information content (AvgIpc) is 2.93. The first-order valence-electron chi connectivity index (χ1n) is 5.48. The summed E-state index contributed by atoms with van der Waals surface area (Å²) in [6, 6.07) is 5.54. The summed E-state index contributed by atoms with van der Waals surface area (Å²) in [6.45, 7) is 0.0627. The summed E-state index contributed by atoms with van der Waals surface area (Å²) >= 11 is 0. The molecule has 90 valence electrons. The highest BCUT2D eigenvalue weighted by molar-refractivity contribution is 5.73. The fourth-order valence-corrected chi connectivity index (χ4v) is 2.25. The van der Waals surface area contributed by atoms with Gasteiger partial charge in [0.1, 0.15) is 6.10 Å². The SMILES string of the molecule is O=C1C[C@@H](c2ccc3c(c2)OCO3)[C@H](CO)O1. The van der Waals surface area contributed by atoms with Crippen LogP contribution in [0.3, 0.4) is 0 Å². The highest BCUT2D eigenvalue weighted by atomic mass is 16.7. The Labute approximate surface area is 97.9 Å². The van der Waals surface area contributed by atoms with Crippen LogP contribution < -0.4 is 9.47 Å². The maximum Gasteiger partial charge on any atom is 0.306 e. The van der Waals surface area contributed by atoms with E-state index in [4.69, 9.17) is 14.2 Å². The summed E-state index contributed by atoms with van der Waals surface area (Å²) < 4.78 is 15.5. The van der Waals surface area contributed by atoms with Crippen molar-refractivity contribution >= 4 is 5.97 Å². The standard InChI is InChI=1S/C12H12O5/c13-5-11-8(4-12(14)17-11)7-1-2-9-10(3-7)16-6-15-9/h1-3,8,11,13H,4-6H2/t8-,11-/m0/s1. The molecule has 5 nitrogen and oxygen atoms in total. The Morgan fingerprint density at radius 3 is 2.94 bits per heavy atom. The number of carbonyl (C=O) groups excluding carboxylic acids is 1. The number of rotatable bonds is 2. The number of esters is 1. The molecule has 0 radical (unpaired) electrons. The van der Waals surface area contributed by atoms with Gasteiger partial charge in [0.2, 0.25) is 6.79 Å². The van der Waals surface area contributed by atoms with E-state index in [1.165, 1.54) is 0 Å². The molecule has 1 fully saturated rings. The van der Waals surface area contributed by atoms with Crippen LogP contribution in [0.5, 0.6) is 11.5 Å². The van der Waals surface area contributed by atoms with Crippen molar-refractivity contribution in [3.05, 3.63) is 23.8 Å². The first kappa shape index (κ1) is 10.4. The lowest BCUT2D eigenvalue weighted by atomic mass is 9.92. The van der Waals surface area contributed by atoms with Gasteiger partial charge >= 0.3 is 5.97 Å². The average molecular weight is 236 g/mol. The fraction of sp³-hybridized carbons (Fsp3) is 0.417. The number of aliphatic hydroxyl groups excluding tert-OH is 1. The highest BCUT2D eigenvalue weighted by Crippen LogP contribution is 2.38. The van der Waals surface area contributed by atoms with Crippen LogP contribution in [0.1, 0.15) is 17.9 Å². The molecule has 17 heavy (non-hydrogen) atoms. The molecular weight excluding hydrogens is 224 g/mol. The third kappa shape index (κ3) is 1.72. The van der Waals surface area contributed by atoms with Crippen LogP contribution in [0.4, 0.5) is 0 Å². The second-order valence-electron chi connectivity index (χ2n) is 4.13. The van der Waals surface area contributed by atoms with Crippen LogP contribution in [0.2, 0.25) is 0 Å². The van der Waals surface area contributed by atoms with Crippen molar-refractivity contribution in [3.8, 4) is 11.5 Å². The number of hydrogen-bond acceptors (Lipinski definition) is 5. The molecule has 0 amide bonds. The summed E-state index contributed by atoms with van der Waals surface area (Å²) in [5.41, 5.74) is 0.930. The van der Waals surface area contributed by atoms with E-state index in [0.29, 0.717) is 17.9 Å². The molecule has 0 bridgehead atoms. The number of ether oxygens (including phenoxy) is 3. The van der Waals surface area contributed by atoms with E-state index in [2.05, 4.69) is 0 Å². The predicted octanol–water partition coefficient (Wildman–Crippen LogP) is 0.807. The van der Waals surface area contributed by atoms with Crippen LogP contribution in [-0.2, 0) is 9.53 Å². The van der Waals surface area contributed by atoms with Crippen molar-refractivity contribution in [1.82, 2.24) is 0 Å². The molecule has 1 saturated heterocycles. The van der Waals surface area contributed by atoms with E-state index in [-0.39, 0.29) is 25.3 Å². The molecule has 0 aromatic heterocycles. The van der Waals surface area contributed by atoms with Gasteiger partial charge in [-0.15, -0.1) is 0 Å². The Bertz CT molecular complexity index is 456. The van der Waals surface area contributed by atoms with Gasteiger partial charge in [0, 0.05) is 5.92 Å². The topological polar surface area (TPSA) is 65.0 Å². The lowest BCUT2D eigenvalue weighted by Gasteiger charge is -2.15. The van der Waals surface area contributed by atoms with Gasteiger partial charge < -0.3 is 19.3 Å². The Morgan fingerprint density at radius 1 is 1.29 bits per heavy atom. The van der Waals surface area contributed by atoms with Crippen LogP contribution in [0, 0.1) is 0 Å². The van der Waals surface area contributed by atoms with Crippen molar-refractivity contribution in [2.75, 3.05) is 13.4 Å². The molecule has 2 atom stereocenters. The predicted molar refractivity (Wildman–Crippen MR) is 56.9 cm³/mol. The molecule has 0 unspecified atom stereocenters. The lowest BCUT2D eigenvalue weighted by Crippen LogP contribution is -2.18. The van der Waals surface area contributed by atoms with Gasteiger partial charge in [-0.3, -0.25) is 4.79 Å². The molecule has 0 saturated carbocycles. The number of carbonyl (C=O) groups is 1. The fourth-order valence-electron chi connectivity index (χ4n) is 2.25. The summed E-state index contributed by atoms with van der Waals surface area (Å²) in [7, 11) is 0. The van der Waals surface area contributed by atoms with Crippen molar-refractivity contribution in [2.24, 2.45) is 0 Å². The van der Waals surface area contributed by atoms with Crippen molar-refractivity contribution in [2.45, 2.75) is 18.4 Å². The Hall–Kier alpha value is -1.75. The minimum atomic E-state index is -0.456. The zero-order valence-electron chi connectivity index (χ0n) is 9.09. The van der Waals surface area contributed by atoms with Crippen LogP contribution in [0.15, 0.2) is 18.2 Å². The van der Waals surface area contributed by atoms with Crippen LogP contribution >= 0.6 is 0 Å². The molecule has 0 aliphatic carbocycles. The van der Waals surface area contributed by atoms with Gasteiger partial charge in [0.15, 0.2) is 11.5 Å². The molecule has 1 N–H and O–H groups in total. The summed E-state index contributed by atoms with van der Waals surface area (Å²) in [5, 5.41) is 9.18. The van der Waals surface area contributed by atoms with E-state index >= 15 is 0 Å². The Balaban J connectivity index is 1.91. The molecule has 3 rings (SSSR count). The Kier molecular flexibility index (Phi) is 2.40. The Morgan fingerprint density at radius 2 is 2.12 bits per heavy atom. The van der Waals surface area contributed by atoms with Gasteiger partial charge in [0.05, 0.1) is 13.0 Å². The lowest BCUT2D eigenvalue weighted by molar-refractivity contribution is -0.142. The smallest absolute Gasteiger partial charge is 0.306 e. The van der Waals surface area contributed by atoms with Crippen molar-refractivity contribution in [1.29, 1.82) is 0 Å². The third-order valence-electron chi connectivity index (χ3n) is 3.12. The number of hydrogen-bond donors (Lipinski definition) is 1. The van der Waals surface area contributed by atoms with Crippen molar-refractivity contribution in [3.63, 3.8) is 0 Å². The van der Waals surface area contributed by atoms with Gasteiger partial charge in [-0.25, -0.2) is 0 Å². The maximum atomic E-state index is 11.2. The van der Waals surface area contributed by atoms with E-state index < -0.39 is 6.10 Å². The molecule has 1 aromatic rings. The first-order chi connectivity index (χ1) is 8.28. The van der Waals surface area contributed by atoms with Gasteiger partial charge in [-0.1, -0.05) is 6.07 Å². The molecule has 1 aromatic carbocycles. The molecule has 5 heteroatoms. The van der Waals surface area contributed by atoms with Gasteiger partial charge in [-0.05, 0) is 17.7 Å². The normalized spacial score (nSPS) is 26.1.